The number of halogens is 1. The Labute approximate surface area is 584 Å². The summed E-state index contributed by atoms with van der Waals surface area (Å²) in [7, 11) is 3.33. The van der Waals surface area contributed by atoms with E-state index in [-0.39, 0.29) is 169 Å². The van der Waals surface area contributed by atoms with Crippen molar-refractivity contribution >= 4 is 89.9 Å². The van der Waals surface area contributed by atoms with Crippen LogP contribution in [0.25, 0.3) is 44.8 Å². The van der Waals surface area contributed by atoms with Crippen LogP contribution in [-0.4, -0.2) is 129 Å². The number of carbonyl (C=O) groups excluding carboxylic acids is 3. The fourth-order valence-corrected chi connectivity index (χ4v) is 10.1. The standard InChI is InChI=1S/C26H30N4O4S.C19H18N4O2S.C7H13BrO2.CH2O3.2Cs.H/c1-3-29-23-11-10-18(16-21(23)27-25(29)19-7-6-8-20(15-19)32-2)22-17-35-26(31)30(28-22)12-14-34-24-9-4-5-13-33-24;1-3-23-17-8-7-12(16-11-26-19(24)22-21-16)10-15(17)20-18(23)13-5-4-6-14(9-13)25-2;8-4-6-10-7-3-1-2-5-9-7;2-1-4-3;;;/h6-8,10-11,15-16,24H,3-5,9,12-14,17H2,1-2H3;4-10H,3,11H2,1-2H3,(H,22,24);7H,1-6H2;1,3H;;;/q;;;;2*+1;-1/p-1. The number of amides is 2. The molecule has 2 fully saturated rings. The average Bonchev–Trinajstić information content (AvgIpc) is 4.09. The summed E-state index contributed by atoms with van der Waals surface area (Å²) in [6, 6.07) is 28.2. The van der Waals surface area contributed by atoms with Crippen LogP contribution in [-0.2, 0) is 41.7 Å². The van der Waals surface area contributed by atoms with Crippen molar-refractivity contribution in [2.75, 3.05) is 64.0 Å². The second-order valence-corrected chi connectivity index (χ2v) is 19.6. The number of methoxy groups -OCH3 is 2. The van der Waals surface area contributed by atoms with Crippen LogP contribution in [0.5, 0.6) is 11.5 Å². The number of aryl methyl sites for hydroxylation is 2. The van der Waals surface area contributed by atoms with Crippen molar-refractivity contribution < 1.29 is 192 Å². The number of alkyl halides is 1. The Morgan fingerprint density at radius 3 is 1.70 bits per heavy atom. The van der Waals surface area contributed by atoms with Gasteiger partial charge in [-0.25, -0.2) is 20.4 Å². The molecule has 0 aliphatic carbocycles. The van der Waals surface area contributed by atoms with E-state index in [1.54, 1.807) is 14.2 Å². The van der Waals surface area contributed by atoms with Gasteiger partial charge in [-0.3, -0.25) is 14.4 Å². The van der Waals surface area contributed by atoms with E-state index in [1.807, 2.05) is 60.7 Å². The maximum Gasteiger partial charge on any atom is 1.00 e. The Hall–Kier alpha value is -1.75. The second-order valence-electron chi connectivity index (χ2n) is 16.9. The quantitative estimate of drug-likeness (QED) is 0.0636. The smallest absolute Gasteiger partial charge is 1.00 e. The van der Waals surface area contributed by atoms with E-state index < -0.39 is 0 Å². The van der Waals surface area contributed by atoms with Crippen LogP contribution in [0.15, 0.2) is 95.1 Å². The SMILES string of the molecule is BrCCOC1CCCCO1.CCn1c(-c2cccc(OC)c2)nc2cc(C3=NN(CCOC4CCCCO4)C(=O)SC3)ccc21.CCn1c(-c2cccc(OC)c2)nc2cc(C3=NNC(=O)SC3)ccc21.O=CO[O-].[Cs+].[Cs+].[H-]. The number of hydrogen-bond acceptors (Lipinski definition) is 17. The number of thioether (sulfide) groups is 2. The van der Waals surface area contributed by atoms with Gasteiger partial charge in [-0.1, -0.05) is 75.9 Å². The van der Waals surface area contributed by atoms with Gasteiger partial charge in [-0.05, 0) is 101 Å². The predicted molar refractivity (Wildman–Crippen MR) is 295 cm³/mol. The Morgan fingerprint density at radius 2 is 1.25 bits per heavy atom. The summed E-state index contributed by atoms with van der Waals surface area (Å²) in [4.78, 5) is 44.8. The molecule has 1 N–H and O–H groups in total. The molecule has 0 saturated carbocycles. The summed E-state index contributed by atoms with van der Waals surface area (Å²) in [5.41, 5.74) is 12.1. The van der Waals surface area contributed by atoms with Crippen LogP contribution in [0.1, 0.15) is 64.9 Å². The summed E-state index contributed by atoms with van der Waals surface area (Å²) in [5.74, 6) is 4.51. The van der Waals surface area contributed by atoms with E-state index in [2.05, 4.69) is 83.7 Å². The number of hydrazone groups is 2. The molecule has 4 aromatic carbocycles. The van der Waals surface area contributed by atoms with Crippen LogP contribution in [0.4, 0.5) is 9.59 Å². The van der Waals surface area contributed by atoms with Crippen molar-refractivity contribution in [1.29, 1.82) is 0 Å². The molecule has 2 atom stereocenters. The summed E-state index contributed by atoms with van der Waals surface area (Å²) < 4.78 is 37.2. The molecule has 4 aliphatic heterocycles. The zero-order valence-corrected chi connectivity index (χ0v) is 60.2. The first-order valence-corrected chi connectivity index (χ1v) is 27.9. The molecule has 2 amide bonds. The van der Waals surface area contributed by atoms with E-state index in [1.165, 1.54) is 41.4 Å². The topological polar surface area (TPSA) is 215 Å². The van der Waals surface area contributed by atoms with Crippen LogP contribution >= 0.6 is 39.5 Å². The van der Waals surface area contributed by atoms with Gasteiger partial charge in [-0.2, -0.15) is 10.2 Å². The first kappa shape index (κ1) is 66.1. The van der Waals surface area contributed by atoms with Crippen LogP contribution in [0, 0.1) is 0 Å². The molecule has 24 heteroatoms. The van der Waals surface area contributed by atoms with Crippen molar-refractivity contribution in [3.05, 3.63) is 96.1 Å². The molecule has 0 radical (unpaired) electrons. The average molecular weight is 1400 g/mol. The largest absolute Gasteiger partial charge is 1.00 e. The molecule has 2 unspecified atom stereocenters. The van der Waals surface area contributed by atoms with Crippen LogP contribution in [0.3, 0.4) is 0 Å². The molecule has 2 aromatic heterocycles. The number of rotatable bonds is 16. The minimum absolute atomic E-state index is 0. The monoisotopic (exact) mass is 1400 g/mol. The zero-order valence-electron chi connectivity index (χ0n) is 45.4. The Morgan fingerprint density at radius 1 is 0.727 bits per heavy atom. The van der Waals surface area contributed by atoms with Gasteiger partial charge in [0.15, 0.2) is 12.6 Å². The van der Waals surface area contributed by atoms with Crippen molar-refractivity contribution in [2.24, 2.45) is 10.2 Å². The van der Waals surface area contributed by atoms with Crippen molar-refractivity contribution in [2.45, 2.75) is 78.0 Å². The first-order chi connectivity index (χ1) is 36.7. The van der Waals surface area contributed by atoms with Crippen molar-refractivity contribution in [3.8, 4) is 34.3 Å². The Bertz CT molecular complexity index is 2930. The van der Waals surface area contributed by atoms with Gasteiger partial charge in [0.1, 0.15) is 23.1 Å². The maximum absolute atomic E-state index is 12.4. The molecule has 6 aromatic rings. The molecule has 19 nitrogen and oxygen atoms in total. The van der Waals surface area contributed by atoms with Gasteiger partial charge in [-0.15, -0.1) is 0 Å². The van der Waals surface area contributed by atoms with Crippen LogP contribution < -0.4 is 158 Å². The number of nitrogens with zero attached hydrogens (tertiary/aromatic N) is 7. The van der Waals surface area contributed by atoms with Gasteiger partial charge in [0.25, 0.3) is 11.7 Å². The maximum atomic E-state index is 12.4. The fraction of sp³-hybridized carbons (Fsp3) is 0.415. The number of ether oxygens (including phenoxy) is 6. The summed E-state index contributed by atoms with van der Waals surface area (Å²) in [6.07, 6.45) is 6.49. The minimum Gasteiger partial charge on any atom is -1.00 e. The van der Waals surface area contributed by atoms with Gasteiger partial charge in [0, 0.05) is 65.4 Å². The normalized spacial score (nSPS) is 17.0. The molecular formula is C53H63BrCs2N8O11S2. The van der Waals surface area contributed by atoms with E-state index in [9.17, 15) is 9.59 Å². The number of fused-ring (bicyclic) bond motifs is 2. The second kappa shape index (κ2) is 35.3. The van der Waals surface area contributed by atoms with E-state index >= 15 is 0 Å². The number of benzene rings is 4. The first-order valence-electron chi connectivity index (χ1n) is 24.8. The van der Waals surface area contributed by atoms with E-state index in [4.69, 9.17) is 48.4 Å². The molecule has 2 saturated heterocycles. The molecule has 0 spiro atoms. The third-order valence-corrected chi connectivity index (χ3v) is 14.1. The summed E-state index contributed by atoms with van der Waals surface area (Å²) in [6.45, 7) is 8.82. The molecule has 77 heavy (non-hydrogen) atoms. The molecule has 10 rings (SSSR count). The number of nitrogens with one attached hydrogen (secondary N) is 1. The number of imidazole rings is 2. The van der Waals surface area contributed by atoms with Crippen LogP contribution in [0.2, 0.25) is 0 Å². The molecular weight excluding hydrogens is 1330 g/mol. The third kappa shape index (κ3) is 19.2. The zero-order chi connectivity index (χ0) is 52.9. The summed E-state index contributed by atoms with van der Waals surface area (Å²) >= 11 is 5.78. The number of aromatic nitrogens is 4. The third-order valence-electron chi connectivity index (χ3n) is 12.2. The van der Waals surface area contributed by atoms with Gasteiger partial charge in [0.2, 0.25) is 0 Å². The van der Waals surface area contributed by atoms with Gasteiger partial charge in [0.05, 0.1) is 67.5 Å². The van der Waals surface area contributed by atoms with E-state index in [0.717, 1.165) is 143 Å². The molecule has 4 aliphatic rings. The van der Waals surface area contributed by atoms with Gasteiger partial charge < -0.3 is 49.1 Å². The molecule has 0 bridgehead atoms. The predicted octanol–water partition coefficient (Wildman–Crippen LogP) is 3.52. The fourth-order valence-electron chi connectivity index (χ4n) is 8.52. The number of carbonyl (C=O) groups is 3. The van der Waals surface area contributed by atoms with Gasteiger partial charge >= 0.3 is 143 Å². The number of hydrogen-bond donors (Lipinski definition) is 1. The van der Waals surface area contributed by atoms with E-state index in [0.29, 0.717) is 24.7 Å². The van der Waals surface area contributed by atoms with Crippen molar-refractivity contribution in [3.63, 3.8) is 0 Å². The Balaban J connectivity index is 0.000000268. The molecule has 402 valence electrons. The van der Waals surface area contributed by atoms with Crippen molar-refractivity contribution in [1.82, 2.24) is 29.5 Å². The Kier molecular flexibility index (Phi) is 30.3. The minimum atomic E-state index is -0.181. The molecule has 6 heterocycles. The summed E-state index contributed by atoms with van der Waals surface area (Å²) in [5, 5.41) is 19.5.